The van der Waals surface area contributed by atoms with E-state index in [4.69, 9.17) is 4.74 Å². The molecular weight excluding hydrogens is 326 g/mol. The molecule has 3 rings (SSSR count). The zero-order valence-electron chi connectivity index (χ0n) is 13.4. The molecule has 0 saturated carbocycles. The smallest absolute Gasteiger partial charge is 0.308 e. The Balaban J connectivity index is 1.77. The number of carbonyl (C=O) groups is 2. The van der Waals surface area contributed by atoms with Crippen LogP contribution in [0.4, 0.5) is 0 Å². The van der Waals surface area contributed by atoms with Crippen molar-refractivity contribution >= 4 is 23.6 Å². The second-order valence-corrected chi connectivity index (χ2v) is 6.57. The van der Waals surface area contributed by atoms with Crippen molar-refractivity contribution in [3.63, 3.8) is 0 Å². The van der Waals surface area contributed by atoms with Crippen molar-refractivity contribution in [2.75, 3.05) is 5.75 Å². The van der Waals surface area contributed by atoms with Gasteiger partial charge in [0.25, 0.3) is 0 Å². The fourth-order valence-electron chi connectivity index (χ4n) is 2.44. The minimum Gasteiger partial charge on any atom is -0.427 e. The molecule has 1 unspecified atom stereocenters. The molecule has 1 saturated heterocycles. The Morgan fingerprint density at radius 1 is 1.29 bits per heavy atom. The van der Waals surface area contributed by atoms with Crippen LogP contribution >= 0.6 is 11.8 Å². The Labute approximate surface area is 144 Å². The molecule has 0 bridgehead atoms. The molecule has 1 amide bonds. The molecule has 7 heteroatoms. The number of amides is 1. The third kappa shape index (κ3) is 3.73. The summed E-state index contributed by atoms with van der Waals surface area (Å²) >= 11 is 1.57. The summed E-state index contributed by atoms with van der Waals surface area (Å²) in [6.45, 7) is 3.67. The zero-order chi connectivity index (χ0) is 17.1. The van der Waals surface area contributed by atoms with E-state index >= 15 is 0 Å². The molecule has 1 atom stereocenters. The van der Waals surface area contributed by atoms with Crippen molar-refractivity contribution in [3.05, 3.63) is 53.6 Å². The predicted molar refractivity (Wildman–Crippen MR) is 90.3 cm³/mol. The number of hydrogen-bond acceptors (Lipinski definition) is 6. The third-order valence-corrected chi connectivity index (χ3v) is 4.82. The Bertz CT molecular complexity index is 747. The van der Waals surface area contributed by atoms with Gasteiger partial charge >= 0.3 is 5.97 Å². The van der Waals surface area contributed by atoms with E-state index in [1.807, 2.05) is 19.1 Å². The van der Waals surface area contributed by atoms with E-state index in [1.165, 1.54) is 6.92 Å². The third-order valence-electron chi connectivity index (χ3n) is 3.56. The van der Waals surface area contributed by atoms with Crippen LogP contribution in [-0.4, -0.2) is 32.5 Å². The molecule has 1 aromatic heterocycles. The van der Waals surface area contributed by atoms with Gasteiger partial charge in [-0.15, -0.1) is 11.8 Å². The number of aromatic nitrogens is 2. The molecule has 1 aromatic carbocycles. The summed E-state index contributed by atoms with van der Waals surface area (Å²) in [6, 6.07) is 7.23. The summed E-state index contributed by atoms with van der Waals surface area (Å²) in [4.78, 5) is 33.6. The fraction of sp³-hybridized carbons (Fsp3) is 0.294. The number of hydrogen-bond donors (Lipinski definition) is 0. The minimum absolute atomic E-state index is 0.0769. The molecule has 2 aromatic rings. The number of benzene rings is 1. The van der Waals surface area contributed by atoms with E-state index in [1.54, 1.807) is 41.2 Å². The highest BCUT2D eigenvalue weighted by Gasteiger charge is 2.33. The molecule has 0 radical (unpaired) electrons. The van der Waals surface area contributed by atoms with Crippen molar-refractivity contribution < 1.29 is 14.3 Å². The first kappa shape index (κ1) is 16.4. The molecule has 0 spiro atoms. The molecule has 124 valence electrons. The number of nitrogens with zero attached hydrogens (tertiary/aromatic N) is 3. The number of aryl methyl sites for hydroxylation is 1. The van der Waals surface area contributed by atoms with Gasteiger partial charge in [0.2, 0.25) is 5.91 Å². The molecule has 1 aliphatic rings. The number of esters is 1. The molecule has 1 fully saturated rings. The largest absolute Gasteiger partial charge is 0.427 e. The van der Waals surface area contributed by atoms with Crippen molar-refractivity contribution in [1.29, 1.82) is 0 Å². The van der Waals surface area contributed by atoms with Gasteiger partial charge in [-0.1, -0.05) is 12.1 Å². The van der Waals surface area contributed by atoms with Crippen LogP contribution in [0.3, 0.4) is 0 Å². The van der Waals surface area contributed by atoms with Gasteiger partial charge in [-0.25, -0.2) is 0 Å². The monoisotopic (exact) mass is 343 g/mol. The number of carbonyl (C=O) groups excluding carboxylic acids is 2. The van der Waals surface area contributed by atoms with Gasteiger partial charge in [0.05, 0.1) is 29.9 Å². The lowest BCUT2D eigenvalue weighted by atomic mass is 10.2. The summed E-state index contributed by atoms with van der Waals surface area (Å²) in [6.07, 6.45) is 3.40. The molecule has 0 N–H and O–H groups in total. The van der Waals surface area contributed by atoms with Gasteiger partial charge in [0.1, 0.15) is 11.1 Å². The van der Waals surface area contributed by atoms with Gasteiger partial charge in [-0.05, 0) is 24.6 Å². The Morgan fingerprint density at radius 3 is 2.67 bits per heavy atom. The van der Waals surface area contributed by atoms with E-state index in [9.17, 15) is 9.59 Å². The molecule has 0 aliphatic carbocycles. The predicted octanol–water partition coefficient (Wildman–Crippen LogP) is 2.48. The highest BCUT2D eigenvalue weighted by molar-refractivity contribution is 8.00. The van der Waals surface area contributed by atoms with Gasteiger partial charge < -0.3 is 9.64 Å². The van der Waals surface area contributed by atoms with Crippen molar-refractivity contribution in [2.45, 2.75) is 25.8 Å². The first-order valence-electron chi connectivity index (χ1n) is 7.50. The van der Waals surface area contributed by atoms with Crippen LogP contribution < -0.4 is 4.74 Å². The van der Waals surface area contributed by atoms with Gasteiger partial charge in [0.15, 0.2) is 0 Å². The Kier molecular flexibility index (Phi) is 4.80. The highest BCUT2D eigenvalue weighted by atomic mass is 32.2. The van der Waals surface area contributed by atoms with Crippen molar-refractivity contribution in [2.24, 2.45) is 0 Å². The van der Waals surface area contributed by atoms with E-state index < -0.39 is 0 Å². The number of ether oxygens (including phenoxy) is 1. The average Bonchev–Trinajstić information content (AvgIpc) is 2.91. The first-order valence-corrected chi connectivity index (χ1v) is 8.55. The van der Waals surface area contributed by atoms with E-state index in [-0.39, 0.29) is 17.3 Å². The molecule has 2 heterocycles. The van der Waals surface area contributed by atoms with Crippen LogP contribution in [0.5, 0.6) is 5.75 Å². The quantitative estimate of drug-likeness (QED) is 0.627. The fourth-order valence-corrected chi connectivity index (χ4v) is 3.63. The Hall–Kier alpha value is -2.41. The summed E-state index contributed by atoms with van der Waals surface area (Å²) < 4.78 is 5.04. The van der Waals surface area contributed by atoms with Crippen LogP contribution in [0.2, 0.25) is 0 Å². The highest BCUT2D eigenvalue weighted by Crippen LogP contribution is 2.39. The van der Waals surface area contributed by atoms with E-state index in [0.717, 1.165) is 17.0 Å². The lowest BCUT2D eigenvalue weighted by molar-refractivity contribution is -0.132. The van der Waals surface area contributed by atoms with Gasteiger partial charge in [-0.2, -0.15) is 0 Å². The second kappa shape index (κ2) is 7.00. The average molecular weight is 343 g/mol. The van der Waals surface area contributed by atoms with Gasteiger partial charge in [0, 0.05) is 13.1 Å². The summed E-state index contributed by atoms with van der Waals surface area (Å²) in [5.74, 6) is 0.663. The topological polar surface area (TPSA) is 72.4 Å². The second-order valence-electron chi connectivity index (χ2n) is 5.50. The zero-order valence-corrected chi connectivity index (χ0v) is 14.2. The summed E-state index contributed by atoms with van der Waals surface area (Å²) in [5.41, 5.74) is 2.60. The lowest BCUT2D eigenvalue weighted by Gasteiger charge is -2.24. The summed E-state index contributed by atoms with van der Waals surface area (Å²) in [7, 11) is 0. The van der Waals surface area contributed by atoms with Gasteiger partial charge in [-0.3, -0.25) is 19.6 Å². The van der Waals surface area contributed by atoms with E-state index in [0.29, 0.717) is 18.0 Å². The molecule has 1 aliphatic heterocycles. The summed E-state index contributed by atoms with van der Waals surface area (Å²) in [5, 5.41) is -0.0769. The van der Waals surface area contributed by atoms with Crippen LogP contribution in [-0.2, 0) is 16.1 Å². The molecule has 6 nitrogen and oxygen atoms in total. The van der Waals surface area contributed by atoms with Crippen LogP contribution in [0, 0.1) is 6.92 Å². The number of rotatable bonds is 4. The van der Waals surface area contributed by atoms with Crippen LogP contribution in [0.15, 0.2) is 36.7 Å². The normalized spacial score (nSPS) is 17.2. The maximum atomic E-state index is 12.2. The van der Waals surface area contributed by atoms with Crippen molar-refractivity contribution in [1.82, 2.24) is 14.9 Å². The lowest BCUT2D eigenvalue weighted by Crippen LogP contribution is -2.28. The SMILES string of the molecule is CC(=O)Oc1ccc(C2SCC(=O)N2Cc2cnc(C)cn2)cc1. The van der Waals surface area contributed by atoms with E-state index in [2.05, 4.69) is 9.97 Å². The molecular formula is C17H17N3O3S. The Morgan fingerprint density at radius 2 is 2.04 bits per heavy atom. The minimum atomic E-state index is -0.354. The number of thioether (sulfide) groups is 1. The standard InChI is InChI=1S/C17H17N3O3S/c1-11-7-19-14(8-18-11)9-20-16(22)10-24-17(20)13-3-5-15(6-4-13)23-12(2)21/h3-8,17H,9-10H2,1-2H3. The van der Waals surface area contributed by atoms with Crippen LogP contribution in [0.25, 0.3) is 0 Å². The maximum Gasteiger partial charge on any atom is 0.308 e. The van der Waals surface area contributed by atoms with Crippen molar-refractivity contribution in [3.8, 4) is 5.75 Å². The van der Waals surface area contributed by atoms with Crippen LogP contribution in [0.1, 0.15) is 29.2 Å². The first-order chi connectivity index (χ1) is 11.5. The maximum absolute atomic E-state index is 12.2. The molecule has 24 heavy (non-hydrogen) atoms.